The molecule has 1 amide bonds. The third-order valence-corrected chi connectivity index (χ3v) is 8.05. The Morgan fingerprint density at radius 3 is 2.62 bits per heavy atom. The van der Waals surface area contributed by atoms with Crippen molar-refractivity contribution < 1.29 is 9.59 Å². The highest BCUT2D eigenvalue weighted by Crippen LogP contribution is 2.54. The molecule has 0 unspecified atom stereocenters. The molecule has 6 atom stereocenters. The van der Waals surface area contributed by atoms with Gasteiger partial charge >= 0.3 is 0 Å². The lowest BCUT2D eigenvalue weighted by Gasteiger charge is -2.44. The first-order valence-electron chi connectivity index (χ1n) is 12.4. The number of hydrogen-bond acceptors (Lipinski definition) is 2. The monoisotopic (exact) mass is 431 g/mol. The van der Waals surface area contributed by atoms with E-state index in [-0.39, 0.29) is 35.5 Å². The molecular formula is C29H37NO2. The van der Waals surface area contributed by atoms with Crippen LogP contribution in [-0.2, 0) is 16.0 Å². The third-order valence-electron chi connectivity index (χ3n) is 8.05. The normalized spacial score (nSPS) is 37.6. The van der Waals surface area contributed by atoms with Gasteiger partial charge in [0.25, 0.3) is 0 Å². The van der Waals surface area contributed by atoms with E-state index in [9.17, 15) is 9.59 Å². The zero-order valence-electron chi connectivity index (χ0n) is 19.7. The van der Waals surface area contributed by atoms with Crippen LogP contribution >= 0.6 is 0 Å². The van der Waals surface area contributed by atoms with Gasteiger partial charge in [0.2, 0.25) is 5.91 Å². The van der Waals surface area contributed by atoms with E-state index in [0.717, 1.165) is 25.7 Å². The van der Waals surface area contributed by atoms with E-state index < -0.39 is 5.41 Å². The molecule has 1 N–H and O–H groups in total. The van der Waals surface area contributed by atoms with Crippen LogP contribution in [0.1, 0.15) is 58.4 Å². The van der Waals surface area contributed by atoms with Crippen molar-refractivity contribution >= 4 is 11.7 Å². The second-order valence-electron chi connectivity index (χ2n) is 10.2. The minimum Gasteiger partial charge on any atom is -0.352 e. The molecule has 170 valence electrons. The summed E-state index contributed by atoms with van der Waals surface area (Å²) >= 11 is 0. The summed E-state index contributed by atoms with van der Waals surface area (Å²) in [7, 11) is 0. The van der Waals surface area contributed by atoms with E-state index in [1.54, 1.807) is 6.08 Å². The second kappa shape index (κ2) is 9.60. The second-order valence-corrected chi connectivity index (χ2v) is 10.2. The lowest BCUT2D eigenvalue weighted by molar-refractivity contribution is -0.142. The van der Waals surface area contributed by atoms with Gasteiger partial charge in [-0.2, -0.15) is 0 Å². The molecule has 3 aliphatic rings. The molecule has 1 fully saturated rings. The molecule has 1 spiro atoms. The maximum atomic E-state index is 13.9. The topological polar surface area (TPSA) is 46.2 Å². The van der Waals surface area contributed by atoms with Gasteiger partial charge in [-0.25, -0.2) is 0 Å². The number of rotatable bonds is 2. The van der Waals surface area contributed by atoms with Gasteiger partial charge in [-0.1, -0.05) is 86.9 Å². The Bertz CT molecular complexity index is 928. The van der Waals surface area contributed by atoms with Crippen molar-refractivity contribution in [2.75, 3.05) is 0 Å². The predicted octanol–water partition coefficient (Wildman–Crippen LogP) is 5.82. The Morgan fingerprint density at radius 2 is 1.84 bits per heavy atom. The number of carbonyl (C=O) groups is 2. The molecule has 1 saturated heterocycles. The number of nitrogens with one attached hydrogen (secondary N) is 1. The molecule has 4 rings (SSSR count). The van der Waals surface area contributed by atoms with Crippen molar-refractivity contribution in [1.29, 1.82) is 0 Å². The first kappa shape index (κ1) is 22.8. The van der Waals surface area contributed by atoms with Crippen LogP contribution in [0.5, 0.6) is 0 Å². The lowest BCUT2D eigenvalue weighted by atomic mass is 9.55. The van der Waals surface area contributed by atoms with Gasteiger partial charge in [-0.05, 0) is 56.1 Å². The van der Waals surface area contributed by atoms with Crippen LogP contribution in [0, 0.1) is 29.1 Å². The van der Waals surface area contributed by atoms with Crippen molar-refractivity contribution in [2.24, 2.45) is 29.1 Å². The van der Waals surface area contributed by atoms with Crippen LogP contribution in [0.25, 0.3) is 0 Å². The molecule has 0 saturated carbocycles. The molecule has 1 heterocycles. The zero-order valence-corrected chi connectivity index (χ0v) is 19.7. The highest BCUT2D eigenvalue weighted by molar-refractivity contribution is 6.13. The molecule has 2 aliphatic carbocycles. The summed E-state index contributed by atoms with van der Waals surface area (Å²) in [6.07, 6.45) is 16.4. The average molecular weight is 432 g/mol. The number of carbonyl (C=O) groups excluding carboxylic acids is 2. The van der Waals surface area contributed by atoms with E-state index in [1.807, 2.05) is 24.3 Å². The fraction of sp³-hybridized carbons (Fsp3) is 0.517. The van der Waals surface area contributed by atoms with E-state index in [2.05, 4.69) is 56.4 Å². The number of amides is 1. The molecule has 0 radical (unpaired) electrons. The van der Waals surface area contributed by atoms with Gasteiger partial charge in [0.05, 0.1) is 0 Å². The van der Waals surface area contributed by atoms with E-state index in [4.69, 9.17) is 0 Å². The minimum atomic E-state index is -1.05. The van der Waals surface area contributed by atoms with Gasteiger partial charge in [0.15, 0.2) is 5.78 Å². The Kier molecular flexibility index (Phi) is 6.83. The summed E-state index contributed by atoms with van der Waals surface area (Å²) < 4.78 is 0. The Balaban J connectivity index is 1.79. The molecular weight excluding hydrogens is 394 g/mol. The number of benzene rings is 1. The fourth-order valence-corrected chi connectivity index (χ4v) is 6.16. The smallest absolute Gasteiger partial charge is 0.235 e. The van der Waals surface area contributed by atoms with Gasteiger partial charge in [0, 0.05) is 17.9 Å². The Labute approximate surface area is 193 Å². The SMILES string of the molecule is CC1=C[C@@H]2/C=C\C[C@H](C)CCCC/C=C\C(=O)[C@]23C(=O)N[C@@H](Cc2ccccc2)[C@@H]3[C@@H]1C. The Morgan fingerprint density at radius 1 is 1.06 bits per heavy atom. The quantitative estimate of drug-likeness (QED) is 0.473. The number of ketones is 1. The molecule has 0 aromatic heterocycles. The van der Waals surface area contributed by atoms with Crippen LogP contribution < -0.4 is 5.32 Å². The largest absolute Gasteiger partial charge is 0.352 e. The molecule has 1 aliphatic heterocycles. The van der Waals surface area contributed by atoms with Crippen molar-refractivity contribution in [3.05, 3.63) is 71.8 Å². The zero-order chi connectivity index (χ0) is 22.7. The fourth-order valence-electron chi connectivity index (χ4n) is 6.16. The molecule has 1 aromatic carbocycles. The van der Waals surface area contributed by atoms with Gasteiger partial charge in [-0.15, -0.1) is 0 Å². The first-order valence-corrected chi connectivity index (χ1v) is 12.4. The summed E-state index contributed by atoms with van der Waals surface area (Å²) in [5.41, 5.74) is 1.43. The van der Waals surface area contributed by atoms with Crippen LogP contribution in [0.3, 0.4) is 0 Å². The third kappa shape index (κ3) is 4.14. The lowest BCUT2D eigenvalue weighted by Crippen LogP contribution is -2.51. The average Bonchev–Trinajstić information content (AvgIpc) is 3.07. The summed E-state index contributed by atoms with van der Waals surface area (Å²) in [6.45, 7) is 6.65. The van der Waals surface area contributed by atoms with Gasteiger partial charge < -0.3 is 5.32 Å². The maximum Gasteiger partial charge on any atom is 0.235 e. The molecule has 3 nitrogen and oxygen atoms in total. The first-order chi connectivity index (χ1) is 15.4. The van der Waals surface area contributed by atoms with Crippen molar-refractivity contribution in [2.45, 2.75) is 65.3 Å². The van der Waals surface area contributed by atoms with Crippen molar-refractivity contribution in [1.82, 2.24) is 5.32 Å². The number of allylic oxidation sites excluding steroid dienone is 6. The molecule has 0 bridgehead atoms. The minimum absolute atomic E-state index is 0.0203. The molecule has 32 heavy (non-hydrogen) atoms. The highest BCUT2D eigenvalue weighted by atomic mass is 16.2. The summed E-state index contributed by atoms with van der Waals surface area (Å²) in [5.74, 6) is 0.414. The van der Waals surface area contributed by atoms with E-state index in [0.29, 0.717) is 5.92 Å². The van der Waals surface area contributed by atoms with Crippen LogP contribution in [0.4, 0.5) is 0 Å². The van der Waals surface area contributed by atoms with Crippen LogP contribution in [0.2, 0.25) is 0 Å². The summed E-state index contributed by atoms with van der Waals surface area (Å²) in [6, 6.07) is 10.3. The van der Waals surface area contributed by atoms with Gasteiger partial charge in [0.1, 0.15) is 5.41 Å². The highest BCUT2D eigenvalue weighted by Gasteiger charge is 2.64. The maximum absolute atomic E-state index is 13.9. The summed E-state index contributed by atoms with van der Waals surface area (Å²) in [4.78, 5) is 27.6. The molecule has 1 aromatic rings. The van der Waals surface area contributed by atoms with E-state index >= 15 is 0 Å². The van der Waals surface area contributed by atoms with Gasteiger partial charge in [-0.3, -0.25) is 9.59 Å². The molecule has 3 heteroatoms. The van der Waals surface area contributed by atoms with Crippen molar-refractivity contribution in [3.8, 4) is 0 Å². The van der Waals surface area contributed by atoms with Crippen LogP contribution in [-0.4, -0.2) is 17.7 Å². The van der Waals surface area contributed by atoms with Crippen LogP contribution in [0.15, 0.2) is 66.3 Å². The standard InChI is InChI=1S/C29H37NO2/c1-20-12-7-4-5-10-17-26(31)29-24(16-11-13-20)18-21(2)22(3)27(29)25(30-28(29)32)19-23-14-8-6-9-15-23/h6,8-11,14-18,20,22,24-25,27H,4-5,7,12-13,19H2,1-3H3,(H,30,32)/b16-11-,17-10-/t20-,22-,24+,25+,27+,29-/m1/s1. The van der Waals surface area contributed by atoms with Crippen molar-refractivity contribution in [3.63, 3.8) is 0 Å². The predicted molar refractivity (Wildman–Crippen MR) is 130 cm³/mol. The summed E-state index contributed by atoms with van der Waals surface area (Å²) in [5, 5.41) is 3.29. The number of hydrogen-bond donors (Lipinski definition) is 1. The Hall–Kier alpha value is -2.42. The van der Waals surface area contributed by atoms with E-state index in [1.165, 1.54) is 24.0 Å².